The summed E-state index contributed by atoms with van der Waals surface area (Å²) in [4.78, 5) is 25.3. The first-order valence-electron chi connectivity index (χ1n) is 7.01. The summed E-state index contributed by atoms with van der Waals surface area (Å²) in [5.74, 6) is 0.293. The molecule has 1 saturated heterocycles. The number of hydrogen-bond donors (Lipinski definition) is 2. The Labute approximate surface area is 129 Å². The average Bonchev–Trinajstić information content (AvgIpc) is 2.70. The van der Waals surface area contributed by atoms with E-state index in [1.807, 2.05) is 6.92 Å². The topological polar surface area (TPSA) is 78.9 Å². The monoisotopic (exact) mass is 304 g/mol. The van der Waals surface area contributed by atoms with Crippen LogP contribution in [0.5, 0.6) is 5.75 Å². The third-order valence-corrected chi connectivity index (χ3v) is 3.52. The Morgan fingerprint density at radius 3 is 2.55 bits per heavy atom. The standard InChI is InChI=1S/C16H20N2O4/c1-11(2)10-22-13-6-4-12(5-7-13)16(3)14(20)18(8-9-19)15(21)17-16/h4-7,19H,1,8-10H2,2-3H3,(H,17,21). The molecule has 2 rings (SSSR count). The molecule has 0 bridgehead atoms. The van der Waals surface area contributed by atoms with Crippen molar-refractivity contribution in [3.8, 4) is 5.75 Å². The van der Waals surface area contributed by atoms with Gasteiger partial charge in [-0.05, 0) is 37.1 Å². The highest BCUT2D eigenvalue weighted by atomic mass is 16.5. The Balaban J connectivity index is 2.18. The molecule has 0 aromatic heterocycles. The number of rotatable bonds is 6. The molecule has 1 aliphatic heterocycles. The van der Waals surface area contributed by atoms with E-state index >= 15 is 0 Å². The summed E-state index contributed by atoms with van der Waals surface area (Å²) in [6, 6.07) is 6.49. The molecule has 118 valence electrons. The number of carbonyl (C=O) groups excluding carboxylic acids is 2. The molecule has 3 amide bonds. The largest absolute Gasteiger partial charge is 0.489 e. The second kappa shape index (κ2) is 6.19. The quantitative estimate of drug-likeness (QED) is 0.615. The average molecular weight is 304 g/mol. The lowest BCUT2D eigenvalue weighted by Crippen LogP contribution is -2.41. The molecule has 0 saturated carbocycles. The number of urea groups is 1. The Kier molecular flexibility index (Phi) is 4.51. The Bertz CT molecular complexity index is 597. The van der Waals surface area contributed by atoms with Gasteiger partial charge in [-0.3, -0.25) is 9.69 Å². The molecule has 6 heteroatoms. The number of ether oxygens (including phenoxy) is 1. The minimum absolute atomic E-state index is 0.0138. The number of hydrogen-bond acceptors (Lipinski definition) is 4. The molecule has 1 aliphatic rings. The highest BCUT2D eigenvalue weighted by Gasteiger charge is 2.48. The predicted octanol–water partition coefficient (Wildman–Crippen LogP) is 1.40. The number of β-amino-alcohol motifs (C(OH)–C–C–N with tert-alkyl or cyclic N) is 1. The van der Waals surface area contributed by atoms with Crippen molar-refractivity contribution in [2.75, 3.05) is 19.8 Å². The number of nitrogens with zero attached hydrogens (tertiary/aromatic N) is 1. The molecule has 1 aromatic rings. The molecule has 1 heterocycles. The molecule has 6 nitrogen and oxygen atoms in total. The lowest BCUT2D eigenvalue weighted by molar-refractivity contribution is -0.131. The number of aliphatic hydroxyl groups excluding tert-OH is 1. The maximum absolute atomic E-state index is 12.4. The minimum Gasteiger partial charge on any atom is -0.489 e. The second-order valence-corrected chi connectivity index (χ2v) is 5.51. The fourth-order valence-corrected chi connectivity index (χ4v) is 2.29. The van der Waals surface area contributed by atoms with Crippen LogP contribution in [0.4, 0.5) is 4.79 Å². The van der Waals surface area contributed by atoms with Crippen LogP contribution in [0.1, 0.15) is 19.4 Å². The van der Waals surface area contributed by atoms with Gasteiger partial charge in [-0.2, -0.15) is 0 Å². The van der Waals surface area contributed by atoms with Crippen LogP contribution in [0, 0.1) is 0 Å². The Morgan fingerprint density at radius 1 is 1.36 bits per heavy atom. The lowest BCUT2D eigenvalue weighted by atomic mass is 9.92. The molecular formula is C16H20N2O4. The maximum Gasteiger partial charge on any atom is 0.325 e. The van der Waals surface area contributed by atoms with E-state index in [1.165, 1.54) is 0 Å². The van der Waals surface area contributed by atoms with Crippen molar-refractivity contribution in [1.82, 2.24) is 10.2 Å². The van der Waals surface area contributed by atoms with Crippen molar-refractivity contribution in [3.63, 3.8) is 0 Å². The first-order chi connectivity index (χ1) is 10.4. The van der Waals surface area contributed by atoms with Crippen LogP contribution < -0.4 is 10.1 Å². The summed E-state index contributed by atoms with van der Waals surface area (Å²) in [6.07, 6.45) is 0. The third-order valence-electron chi connectivity index (χ3n) is 3.52. The minimum atomic E-state index is -1.13. The van der Waals surface area contributed by atoms with Crippen LogP contribution in [-0.4, -0.2) is 41.7 Å². The van der Waals surface area contributed by atoms with Crippen molar-refractivity contribution in [2.24, 2.45) is 0 Å². The zero-order chi connectivity index (χ0) is 16.3. The van der Waals surface area contributed by atoms with Crippen LogP contribution in [0.2, 0.25) is 0 Å². The fourth-order valence-electron chi connectivity index (χ4n) is 2.29. The molecule has 0 radical (unpaired) electrons. The van der Waals surface area contributed by atoms with Crippen LogP contribution in [0.15, 0.2) is 36.4 Å². The van der Waals surface area contributed by atoms with E-state index in [0.29, 0.717) is 17.9 Å². The highest BCUT2D eigenvalue weighted by molar-refractivity contribution is 6.07. The van der Waals surface area contributed by atoms with Crippen molar-refractivity contribution in [2.45, 2.75) is 19.4 Å². The van der Waals surface area contributed by atoms with Crippen LogP contribution in [-0.2, 0) is 10.3 Å². The van der Waals surface area contributed by atoms with Crippen LogP contribution in [0.3, 0.4) is 0 Å². The SMILES string of the molecule is C=C(C)COc1ccc(C2(C)NC(=O)N(CCO)C2=O)cc1. The van der Waals surface area contributed by atoms with E-state index in [9.17, 15) is 9.59 Å². The molecule has 0 aliphatic carbocycles. The highest BCUT2D eigenvalue weighted by Crippen LogP contribution is 2.29. The molecular weight excluding hydrogens is 284 g/mol. The molecule has 1 aromatic carbocycles. The van der Waals surface area contributed by atoms with Gasteiger partial charge < -0.3 is 15.2 Å². The number of benzene rings is 1. The summed E-state index contributed by atoms with van der Waals surface area (Å²) in [7, 11) is 0. The van der Waals surface area contributed by atoms with E-state index in [1.54, 1.807) is 31.2 Å². The molecule has 2 N–H and O–H groups in total. The Morgan fingerprint density at radius 2 is 2.00 bits per heavy atom. The van der Waals surface area contributed by atoms with Crippen molar-refractivity contribution >= 4 is 11.9 Å². The molecule has 1 fully saturated rings. The third kappa shape index (κ3) is 2.96. The molecule has 0 spiro atoms. The smallest absolute Gasteiger partial charge is 0.325 e. The lowest BCUT2D eigenvalue weighted by Gasteiger charge is -2.22. The number of imide groups is 1. The molecule has 22 heavy (non-hydrogen) atoms. The van der Waals surface area contributed by atoms with E-state index < -0.39 is 11.6 Å². The first-order valence-corrected chi connectivity index (χ1v) is 7.01. The Hall–Kier alpha value is -2.34. The van der Waals surface area contributed by atoms with Gasteiger partial charge in [0.1, 0.15) is 17.9 Å². The van der Waals surface area contributed by atoms with E-state index in [0.717, 1.165) is 10.5 Å². The zero-order valence-electron chi connectivity index (χ0n) is 12.8. The van der Waals surface area contributed by atoms with Gasteiger partial charge in [0.2, 0.25) is 0 Å². The molecule has 1 atom stereocenters. The van der Waals surface area contributed by atoms with Gasteiger partial charge >= 0.3 is 6.03 Å². The van der Waals surface area contributed by atoms with Crippen LogP contribution in [0.25, 0.3) is 0 Å². The normalized spacial score (nSPS) is 21.0. The summed E-state index contributed by atoms with van der Waals surface area (Å²) in [5, 5.41) is 11.6. The van der Waals surface area contributed by atoms with Crippen molar-refractivity contribution in [3.05, 3.63) is 42.0 Å². The van der Waals surface area contributed by atoms with Gasteiger partial charge in [0.15, 0.2) is 0 Å². The number of amides is 3. The van der Waals surface area contributed by atoms with E-state index in [4.69, 9.17) is 9.84 Å². The van der Waals surface area contributed by atoms with Gasteiger partial charge in [0.25, 0.3) is 5.91 Å². The predicted molar refractivity (Wildman–Crippen MR) is 81.4 cm³/mol. The van der Waals surface area contributed by atoms with Gasteiger partial charge in [-0.25, -0.2) is 4.79 Å². The molecule has 1 unspecified atom stereocenters. The maximum atomic E-state index is 12.4. The van der Waals surface area contributed by atoms with Gasteiger partial charge in [0.05, 0.1) is 13.2 Å². The zero-order valence-corrected chi connectivity index (χ0v) is 12.8. The number of nitrogens with one attached hydrogen (secondary N) is 1. The second-order valence-electron chi connectivity index (χ2n) is 5.51. The fraction of sp³-hybridized carbons (Fsp3) is 0.375. The van der Waals surface area contributed by atoms with Crippen molar-refractivity contribution < 1.29 is 19.4 Å². The number of aliphatic hydroxyl groups is 1. The first kappa shape index (κ1) is 16.0. The van der Waals surface area contributed by atoms with E-state index in [-0.39, 0.29) is 19.1 Å². The van der Waals surface area contributed by atoms with Gasteiger partial charge in [0, 0.05) is 0 Å². The van der Waals surface area contributed by atoms with Gasteiger partial charge in [-0.15, -0.1) is 0 Å². The number of carbonyl (C=O) groups is 2. The summed E-state index contributed by atoms with van der Waals surface area (Å²) in [6.45, 7) is 7.44. The van der Waals surface area contributed by atoms with Crippen LogP contribution >= 0.6 is 0 Å². The summed E-state index contributed by atoms with van der Waals surface area (Å²) < 4.78 is 5.51. The van der Waals surface area contributed by atoms with Crippen molar-refractivity contribution in [1.29, 1.82) is 0 Å². The van der Waals surface area contributed by atoms with E-state index in [2.05, 4.69) is 11.9 Å². The summed E-state index contributed by atoms with van der Waals surface area (Å²) >= 11 is 0. The van der Waals surface area contributed by atoms with Gasteiger partial charge in [-0.1, -0.05) is 18.7 Å². The summed E-state index contributed by atoms with van der Waals surface area (Å²) in [5.41, 5.74) is 0.446.